The highest BCUT2D eigenvalue weighted by Gasteiger charge is 2.07. The summed E-state index contributed by atoms with van der Waals surface area (Å²) in [5.74, 6) is 0.667. The van der Waals surface area contributed by atoms with Crippen LogP contribution in [0, 0.1) is 6.92 Å². The second-order valence-electron chi connectivity index (χ2n) is 4.27. The summed E-state index contributed by atoms with van der Waals surface area (Å²) in [5.41, 5.74) is 3.18. The van der Waals surface area contributed by atoms with Gasteiger partial charge in [-0.3, -0.25) is 4.79 Å². The van der Waals surface area contributed by atoms with Gasteiger partial charge in [0.25, 0.3) is 5.56 Å². The minimum atomic E-state index is -0.0582. The van der Waals surface area contributed by atoms with Gasteiger partial charge in [0.1, 0.15) is 5.82 Å². The number of imidazole rings is 1. The fraction of sp³-hybridized carbons (Fsp3) is 0.154. The molecule has 0 aliphatic carbocycles. The van der Waals surface area contributed by atoms with E-state index in [1.807, 2.05) is 25.1 Å². The van der Waals surface area contributed by atoms with E-state index in [2.05, 4.69) is 15.0 Å². The van der Waals surface area contributed by atoms with Gasteiger partial charge in [-0.05, 0) is 25.1 Å². The smallest absolute Gasteiger partial charge is 0.250 e. The zero-order valence-corrected chi connectivity index (χ0v) is 10.1. The molecule has 0 aromatic carbocycles. The van der Waals surface area contributed by atoms with E-state index >= 15 is 0 Å². The van der Waals surface area contributed by atoms with E-state index in [-0.39, 0.29) is 5.56 Å². The van der Waals surface area contributed by atoms with Gasteiger partial charge in [0.2, 0.25) is 0 Å². The van der Waals surface area contributed by atoms with Gasteiger partial charge in [0, 0.05) is 30.6 Å². The molecule has 3 rings (SSSR count). The molecule has 5 heteroatoms. The zero-order chi connectivity index (χ0) is 12.7. The predicted octanol–water partition coefficient (Wildman–Crippen LogP) is 1.63. The molecular formula is C13H12N4O. The number of nitrogens with one attached hydrogen (secondary N) is 1. The summed E-state index contributed by atoms with van der Waals surface area (Å²) in [6.07, 6.45) is 1.73. The van der Waals surface area contributed by atoms with Crippen molar-refractivity contribution in [3.05, 3.63) is 46.5 Å². The molecule has 0 atom stereocenters. The summed E-state index contributed by atoms with van der Waals surface area (Å²) < 4.78 is 1.52. The van der Waals surface area contributed by atoms with Crippen LogP contribution in [0.15, 0.2) is 35.3 Å². The molecule has 0 unspecified atom stereocenters. The third-order valence-electron chi connectivity index (χ3n) is 2.86. The van der Waals surface area contributed by atoms with Gasteiger partial charge in [-0.25, -0.2) is 9.97 Å². The van der Waals surface area contributed by atoms with Gasteiger partial charge in [-0.2, -0.15) is 0 Å². The molecule has 0 amide bonds. The Labute approximate surface area is 103 Å². The Morgan fingerprint density at radius 1 is 1.22 bits per heavy atom. The number of aryl methyl sites for hydroxylation is 2. The molecule has 3 aromatic rings. The summed E-state index contributed by atoms with van der Waals surface area (Å²) in [6.45, 7) is 1.92. The maximum absolute atomic E-state index is 11.6. The summed E-state index contributed by atoms with van der Waals surface area (Å²) in [6, 6.07) is 7.28. The maximum atomic E-state index is 11.6. The Kier molecular flexibility index (Phi) is 2.26. The van der Waals surface area contributed by atoms with E-state index in [1.54, 1.807) is 19.3 Å². The highest BCUT2D eigenvalue weighted by atomic mass is 16.1. The Balaban J connectivity index is 2.19. The normalized spacial score (nSPS) is 11.0. The van der Waals surface area contributed by atoms with Crippen LogP contribution in [0.25, 0.3) is 22.6 Å². The van der Waals surface area contributed by atoms with Gasteiger partial charge in [0.15, 0.2) is 5.65 Å². The summed E-state index contributed by atoms with van der Waals surface area (Å²) in [4.78, 5) is 23.5. The Hall–Kier alpha value is -2.43. The third-order valence-corrected chi connectivity index (χ3v) is 2.86. The van der Waals surface area contributed by atoms with Crippen molar-refractivity contribution in [3.63, 3.8) is 0 Å². The second kappa shape index (κ2) is 3.80. The van der Waals surface area contributed by atoms with Gasteiger partial charge in [-0.15, -0.1) is 0 Å². The van der Waals surface area contributed by atoms with Crippen LogP contribution in [0.3, 0.4) is 0 Å². The summed E-state index contributed by atoms with van der Waals surface area (Å²) in [7, 11) is 1.72. The van der Waals surface area contributed by atoms with Crippen molar-refractivity contribution in [3.8, 4) is 11.4 Å². The molecule has 90 valence electrons. The van der Waals surface area contributed by atoms with E-state index in [1.165, 1.54) is 4.57 Å². The van der Waals surface area contributed by atoms with Gasteiger partial charge >= 0.3 is 0 Å². The number of nitrogens with zero attached hydrogens (tertiary/aromatic N) is 3. The lowest BCUT2D eigenvalue weighted by Gasteiger charge is -1.98. The topological polar surface area (TPSA) is 63.6 Å². The number of aromatic nitrogens is 4. The molecule has 0 saturated carbocycles. The molecule has 0 fully saturated rings. The Morgan fingerprint density at radius 2 is 2.06 bits per heavy atom. The van der Waals surface area contributed by atoms with Crippen LogP contribution in [-0.2, 0) is 7.05 Å². The highest BCUT2D eigenvalue weighted by Crippen LogP contribution is 2.17. The number of fused-ring (bicyclic) bond motifs is 1. The number of H-pyrrole nitrogens is 1. The molecule has 0 aliphatic rings. The Morgan fingerprint density at radius 3 is 2.83 bits per heavy atom. The first-order valence-corrected chi connectivity index (χ1v) is 5.64. The summed E-state index contributed by atoms with van der Waals surface area (Å²) >= 11 is 0. The molecule has 0 bridgehead atoms. The van der Waals surface area contributed by atoms with Crippen LogP contribution in [0.1, 0.15) is 5.69 Å². The van der Waals surface area contributed by atoms with Crippen molar-refractivity contribution < 1.29 is 0 Å². The van der Waals surface area contributed by atoms with E-state index in [4.69, 9.17) is 0 Å². The largest absolute Gasteiger partial charge is 0.337 e. The van der Waals surface area contributed by atoms with Crippen molar-refractivity contribution in [2.45, 2.75) is 6.92 Å². The first kappa shape index (κ1) is 10.7. The molecule has 3 aromatic heterocycles. The third kappa shape index (κ3) is 1.69. The Bertz CT molecular complexity index is 785. The summed E-state index contributed by atoms with van der Waals surface area (Å²) in [5, 5.41) is 0. The molecule has 1 N–H and O–H groups in total. The van der Waals surface area contributed by atoms with Gasteiger partial charge < -0.3 is 9.55 Å². The van der Waals surface area contributed by atoms with Crippen LogP contribution in [0.2, 0.25) is 0 Å². The van der Waals surface area contributed by atoms with Crippen molar-refractivity contribution in [1.29, 1.82) is 0 Å². The average molecular weight is 240 g/mol. The first-order valence-electron chi connectivity index (χ1n) is 5.64. The van der Waals surface area contributed by atoms with Crippen LogP contribution in [-0.4, -0.2) is 19.5 Å². The number of pyridine rings is 2. The van der Waals surface area contributed by atoms with E-state index in [9.17, 15) is 4.79 Å². The minimum Gasteiger partial charge on any atom is -0.337 e. The molecule has 0 radical (unpaired) electrons. The zero-order valence-electron chi connectivity index (χ0n) is 10.1. The lowest BCUT2D eigenvalue weighted by Crippen LogP contribution is -2.14. The first-order chi connectivity index (χ1) is 8.63. The predicted molar refractivity (Wildman–Crippen MR) is 69.3 cm³/mol. The average Bonchev–Trinajstić information content (AvgIpc) is 2.75. The SMILES string of the molecule is Cc1ccc2[nH]c(-c3ccn(C)c(=O)c3)nc2n1. The minimum absolute atomic E-state index is 0.0582. The molecule has 0 aliphatic heterocycles. The molecule has 3 heterocycles. The fourth-order valence-corrected chi connectivity index (χ4v) is 1.82. The maximum Gasteiger partial charge on any atom is 0.250 e. The van der Waals surface area contributed by atoms with Crippen LogP contribution < -0.4 is 5.56 Å². The quantitative estimate of drug-likeness (QED) is 0.703. The van der Waals surface area contributed by atoms with E-state index in [0.717, 1.165) is 16.8 Å². The number of hydrogen-bond donors (Lipinski definition) is 1. The highest BCUT2D eigenvalue weighted by molar-refractivity contribution is 5.75. The van der Waals surface area contributed by atoms with Crippen molar-refractivity contribution >= 4 is 11.2 Å². The van der Waals surface area contributed by atoms with Gasteiger partial charge in [0.05, 0.1) is 5.52 Å². The number of hydrogen-bond acceptors (Lipinski definition) is 3. The lowest BCUT2D eigenvalue weighted by molar-refractivity contribution is 0.860. The molecule has 5 nitrogen and oxygen atoms in total. The van der Waals surface area contributed by atoms with E-state index < -0.39 is 0 Å². The van der Waals surface area contributed by atoms with Crippen LogP contribution in [0.4, 0.5) is 0 Å². The number of rotatable bonds is 1. The molecular weight excluding hydrogens is 228 g/mol. The molecule has 0 saturated heterocycles. The fourth-order valence-electron chi connectivity index (χ4n) is 1.82. The van der Waals surface area contributed by atoms with Crippen molar-refractivity contribution in [2.24, 2.45) is 7.05 Å². The molecule has 18 heavy (non-hydrogen) atoms. The monoisotopic (exact) mass is 240 g/mol. The lowest BCUT2D eigenvalue weighted by atomic mass is 10.2. The standard InChI is InChI=1S/C13H12N4O/c1-8-3-4-10-13(14-8)16-12(15-10)9-5-6-17(2)11(18)7-9/h3-7H,1-2H3,(H,14,15,16). The molecule has 0 spiro atoms. The van der Waals surface area contributed by atoms with E-state index in [0.29, 0.717) is 11.5 Å². The van der Waals surface area contributed by atoms with Crippen molar-refractivity contribution in [2.75, 3.05) is 0 Å². The van der Waals surface area contributed by atoms with Crippen LogP contribution >= 0.6 is 0 Å². The number of aromatic amines is 1. The second-order valence-corrected chi connectivity index (χ2v) is 4.27. The van der Waals surface area contributed by atoms with Gasteiger partial charge in [-0.1, -0.05) is 0 Å². The van der Waals surface area contributed by atoms with Crippen molar-refractivity contribution in [1.82, 2.24) is 19.5 Å². The van der Waals surface area contributed by atoms with Crippen LogP contribution in [0.5, 0.6) is 0 Å².